The number of aromatic nitrogens is 2. The van der Waals surface area contributed by atoms with E-state index >= 15 is 0 Å². The molecule has 2 amide bonds. The number of ether oxygens (including phenoxy) is 1. The van der Waals surface area contributed by atoms with E-state index in [9.17, 15) is 30.3 Å². The van der Waals surface area contributed by atoms with E-state index in [0.29, 0.717) is 0 Å². The summed E-state index contributed by atoms with van der Waals surface area (Å²) in [6, 6.07) is 10.3. The smallest absolute Gasteiger partial charge is 0.862 e. The van der Waals surface area contributed by atoms with E-state index in [2.05, 4.69) is 15.0 Å². The molecule has 2 aromatic rings. The molecular formula is C20H25N4O10Os+. The van der Waals surface area contributed by atoms with Crippen molar-refractivity contribution in [1.29, 1.82) is 0 Å². The molecule has 0 bridgehead atoms. The molecule has 15 heteroatoms. The predicted octanol–water partition coefficient (Wildman–Crippen LogP) is -5.08. The normalized spacial score (nSPS) is 29.4. The van der Waals surface area contributed by atoms with E-state index in [4.69, 9.17) is 9.84 Å². The average molecular weight is 672 g/mol. The number of rotatable bonds is 3. The van der Waals surface area contributed by atoms with Gasteiger partial charge < -0.3 is 51.2 Å². The quantitative estimate of drug-likeness (QED) is 0.280. The summed E-state index contributed by atoms with van der Waals surface area (Å²) in [6.45, 7) is 0.113. The van der Waals surface area contributed by atoms with Crippen molar-refractivity contribution in [1.82, 2.24) is 14.9 Å². The van der Waals surface area contributed by atoms with Crippen molar-refractivity contribution in [2.24, 2.45) is 4.99 Å². The molecule has 6 atom stereocenters. The zero-order valence-corrected chi connectivity index (χ0v) is 20.8. The molecule has 0 radical (unpaired) electrons. The number of aliphatic imine (C=N–C) groups is 1. The van der Waals surface area contributed by atoms with Crippen LogP contribution in [0.25, 0.3) is 11.4 Å². The number of nitrogens with zero attached hydrogens (tertiary/aromatic N) is 4. The minimum Gasteiger partial charge on any atom is -0.862 e. The molecule has 0 spiro atoms. The second-order valence-electron chi connectivity index (χ2n) is 7.23. The topological polar surface area (TPSA) is 261 Å². The number of urea groups is 1. The van der Waals surface area contributed by atoms with Crippen molar-refractivity contribution < 1.29 is 70.9 Å². The monoisotopic (exact) mass is 673 g/mol. The van der Waals surface area contributed by atoms with E-state index in [0.717, 1.165) is 18.3 Å². The van der Waals surface area contributed by atoms with E-state index in [-0.39, 0.29) is 35.6 Å². The predicted molar refractivity (Wildman–Crippen MR) is 109 cm³/mol. The fourth-order valence-corrected chi connectivity index (χ4v) is 3.11. The van der Waals surface area contributed by atoms with Crippen LogP contribution < -0.4 is 15.3 Å². The summed E-state index contributed by atoms with van der Waals surface area (Å²) >= 11 is 0. The van der Waals surface area contributed by atoms with Crippen molar-refractivity contribution in [3.8, 4) is 11.4 Å². The maximum Gasteiger partial charge on any atom is 4.00 e. The zero-order chi connectivity index (χ0) is 23.5. The van der Waals surface area contributed by atoms with Crippen LogP contribution in [0.2, 0.25) is 0 Å². The molecule has 2 aliphatic heterocycles. The minimum absolute atomic E-state index is 0. The van der Waals surface area contributed by atoms with Crippen molar-refractivity contribution in [2.75, 3.05) is 6.61 Å². The molecule has 0 aromatic carbocycles. The molecule has 192 valence electrons. The number of carbonyl (C=O) groups excluding carboxylic acids is 1. The molecule has 14 nitrogen and oxygen atoms in total. The van der Waals surface area contributed by atoms with E-state index in [1.165, 1.54) is 0 Å². The van der Waals surface area contributed by atoms with Crippen LogP contribution >= 0.6 is 0 Å². The molecule has 2 aromatic heterocycles. The molecule has 1 fully saturated rings. The number of pyridine rings is 2. The maximum absolute atomic E-state index is 12.0. The minimum atomic E-state index is -2.72. The van der Waals surface area contributed by atoms with E-state index in [1.54, 1.807) is 12.4 Å². The van der Waals surface area contributed by atoms with Crippen LogP contribution in [-0.2, 0) is 24.5 Å². The van der Waals surface area contributed by atoms with Gasteiger partial charge in [0.05, 0.1) is 18.0 Å². The van der Waals surface area contributed by atoms with Crippen LogP contribution in [0.4, 0.5) is 4.79 Å². The molecule has 4 rings (SSSR count). The largest absolute Gasteiger partial charge is 4.00 e. The van der Waals surface area contributed by atoms with Crippen LogP contribution in [0, 0.1) is 0 Å². The Hall–Kier alpha value is -2.44. The molecule has 0 aliphatic carbocycles. The fourth-order valence-electron chi connectivity index (χ4n) is 3.11. The number of hydrogen-bond acceptors (Lipinski definition) is 10. The van der Waals surface area contributed by atoms with Crippen molar-refractivity contribution in [3.05, 3.63) is 48.8 Å². The number of carbonyl (C=O) groups is 1. The maximum atomic E-state index is 12.0. The third-order valence-corrected chi connectivity index (χ3v) is 4.95. The van der Waals surface area contributed by atoms with Gasteiger partial charge in [0, 0.05) is 12.4 Å². The van der Waals surface area contributed by atoms with Gasteiger partial charge in [-0.1, -0.05) is 24.7 Å². The third kappa shape index (κ3) is 6.82. The summed E-state index contributed by atoms with van der Waals surface area (Å²) in [4.78, 5) is 23.2. The summed E-state index contributed by atoms with van der Waals surface area (Å²) in [6.07, 6.45) is -4.95. The number of hydrogen-bond donors (Lipinski definition) is 3. The Morgan fingerprint density at radius 2 is 1.57 bits per heavy atom. The van der Waals surface area contributed by atoms with Gasteiger partial charge in [0.25, 0.3) is 0 Å². The van der Waals surface area contributed by atoms with Gasteiger partial charge in [0.1, 0.15) is 18.3 Å². The fraction of sp³-hybridized carbons (Fsp3) is 0.400. The molecule has 0 saturated carbocycles. The Bertz CT molecular complexity index is 916. The van der Waals surface area contributed by atoms with E-state index < -0.39 is 54.9 Å². The molecule has 7 N–H and O–H groups in total. The van der Waals surface area contributed by atoms with Crippen LogP contribution in [0.3, 0.4) is 0 Å². The van der Waals surface area contributed by atoms with Crippen LogP contribution in [0.1, 0.15) is 6.92 Å². The molecule has 2 aliphatic rings. The van der Waals surface area contributed by atoms with Crippen LogP contribution in [0.15, 0.2) is 53.8 Å². The third-order valence-electron chi connectivity index (χ3n) is 4.95. The number of aliphatic hydroxyl groups is 3. The standard InChI is InChI=1S/C10H14N2O8.C10H8N2.2H2O.Os/c1-10(19)7(16)11-9(18)12(8(10)17)6-5(15)4(14)3(2-13)20-6;1-3-7-11-9(5-1)10-6-2-4-8-12-10;;;/h3-6,8,13-15H,2H2,1H3,(H,11,16,18);1-8H;2*1H2;/q-2;;;;+4/p-1/t3-,4-,5-,6-,8+,10+;;;;/m1..../s1. The number of aliphatic hydroxyl groups excluding tert-OH is 3. The summed E-state index contributed by atoms with van der Waals surface area (Å²) in [5.74, 6) is -1.40. The molecule has 0 unspecified atom stereocenters. The Morgan fingerprint density at radius 3 is 1.97 bits per heavy atom. The second kappa shape index (κ2) is 13.6. The second-order valence-corrected chi connectivity index (χ2v) is 7.23. The Kier molecular flexibility index (Phi) is 12.6. The first-order chi connectivity index (χ1) is 15.2. The van der Waals surface area contributed by atoms with Gasteiger partial charge in [-0.05, 0) is 36.4 Å². The van der Waals surface area contributed by atoms with Gasteiger partial charge in [-0.3, -0.25) is 9.97 Å². The van der Waals surface area contributed by atoms with Gasteiger partial charge >= 0.3 is 25.8 Å². The van der Waals surface area contributed by atoms with Crippen LogP contribution in [-0.4, -0.2) is 96.0 Å². The Labute approximate surface area is 212 Å². The van der Waals surface area contributed by atoms with Gasteiger partial charge in [-0.15, -0.1) is 0 Å². The summed E-state index contributed by atoms with van der Waals surface area (Å²) in [7, 11) is 0. The van der Waals surface area contributed by atoms with Crippen molar-refractivity contribution >= 4 is 11.9 Å². The first-order valence-electron chi connectivity index (χ1n) is 9.58. The summed E-state index contributed by atoms with van der Waals surface area (Å²) in [5, 5.41) is 63.3. The first-order valence-corrected chi connectivity index (χ1v) is 9.58. The molecular weight excluding hydrogens is 646 g/mol. The van der Waals surface area contributed by atoms with Crippen molar-refractivity contribution in [2.45, 2.75) is 43.3 Å². The van der Waals surface area contributed by atoms with Crippen molar-refractivity contribution in [3.63, 3.8) is 0 Å². The summed E-state index contributed by atoms with van der Waals surface area (Å²) in [5.41, 5.74) is -0.893. The van der Waals surface area contributed by atoms with Gasteiger partial charge in [0.2, 0.25) is 0 Å². The Balaban J connectivity index is 0.000000668. The Morgan fingerprint density at radius 1 is 1.06 bits per heavy atom. The molecule has 35 heavy (non-hydrogen) atoms. The van der Waals surface area contributed by atoms with Gasteiger partial charge in [0.15, 0.2) is 6.23 Å². The molecule has 1 saturated heterocycles. The first kappa shape index (κ1) is 32.6. The van der Waals surface area contributed by atoms with E-state index in [1.807, 2.05) is 36.4 Å². The van der Waals surface area contributed by atoms with Gasteiger partial charge in [-0.25, -0.2) is 9.79 Å². The van der Waals surface area contributed by atoms with Crippen LogP contribution in [0.5, 0.6) is 0 Å². The average Bonchev–Trinajstić information content (AvgIpc) is 3.08. The molecule has 4 heterocycles. The van der Waals surface area contributed by atoms with Gasteiger partial charge in [-0.2, -0.15) is 0 Å². The zero-order valence-electron chi connectivity index (χ0n) is 18.2. The number of amides is 2. The SMILES string of the molecule is C[C@]1([O-])C([O-])=NC(=O)N([C@@H]2O[C@H](CO)[C@@H](O)[C@H]2O)[C@H]1[O-].O.O.[Os+4].c1ccc(-c2ccccn2)nc1. The summed E-state index contributed by atoms with van der Waals surface area (Å²) < 4.78 is 4.99.